The van der Waals surface area contributed by atoms with Gasteiger partial charge in [0.2, 0.25) is 5.91 Å². The molecule has 0 aromatic carbocycles. The van der Waals surface area contributed by atoms with Gasteiger partial charge in [-0.15, -0.1) is 5.10 Å². The molecular formula is C29H32FN9O2. The minimum absolute atomic E-state index is 0.00705. The van der Waals surface area contributed by atoms with E-state index in [1.165, 1.54) is 21.4 Å². The Bertz CT molecular complexity index is 1740. The summed E-state index contributed by atoms with van der Waals surface area (Å²) in [5, 5.41) is 8.54. The van der Waals surface area contributed by atoms with Crippen LogP contribution in [0.5, 0.6) is 0 Å². The highest BCUT2D eigenvalue weighted by atomic mass is 19.1. The number of carbonyl (C=O) groups excluding carboxylic acids is 1. The smallest absolute Gasteiger partial charge is 0.349 e. The predicted octanol–water partition coefficient (Wildman–Crippen LogP) is 3.12. The first-order valence-corrected chi connectivity index (χ1v) is 13.9. The highest BCUT2D eigenvalue weighted by molar-refractivity contribution is 5.90. The Balaban J connectivity index is 1.66. The van der Waals surface area contributed by atoms with Gasteiger partial charge in [0.05, 0.1) is 28.7 Å². The third kappa shape index (κ3) is 4.37. The number of aromatic nitrogens is 7. The summed E-state index contributed by atoms with van der Waals surface area (Å²) in [5.74, 6) is -0.457. The molecule has 2 aliphatic heterocycles. The molecule has 0 aliphatic carbocycles. The van der Waals surface area contributed by atoms with Crippen LogP contribution in [0.15, 0.2) is 42.0 Å². The molecule has 12 heteroatoms. The first-order valence-electron chi connectivity index (χ1n) is 13.9. The maximum atomic E-state index is 15.9. The van der Waals surface area contributed by atoms with Crippen molar-refractivity contribution in [3.8, 4) is 11.5 Å². The first-order chi connectivity index (χ1) is 19.7. The third-order valence-corrected chi connectivity index (χ3v) is 8.00. The molecule has 1 saturated heterocycles. The Kier molecular flexibility index (Phi) is 6.63. The number of hydrogen-bond acceptors (Lipinski definition) is 8. The van der Waals surface area contributed by atoms with Crippen molar-refractivity contribution in [3.63, 3.8) is 0 Å². The molecule has 2 aliphatic rings. The molecule has 11 nitrogen and oxygen atoms in total. The summed E-state index contributed by atoms with van der Waals surface area (Å²) in [5.41, 5.74) is 2.78. The highest BCUT2D eigenvalue weighted by Crippen LogP contribution is 2.33. The van der Waals surface area contributed by atoms with Gasteiger partial charge in [0.25, 0.3) is 0 Å². The van der Waals surface area contributed by atoms with Crippen molar-refractivity contribution in [2.75, 3.05) is 18.0 Å². The Morgan fingerprint density at radius 2 is 1.95 bits per heavy atom. The van der Waals surface area contributed by atoms with E-state index in [1.807, 2.05) is 38.7 Å². The zero-order valence-electron chi connectivity index (χ0n) is 23.6. The van der Waals surface area contributed by atoms with Crippen LogP contribution in [0.3, 0.4) is 0 Å². The van der Waals surface area contributed by atoms with Gasteiger partial charge in [0.15, 0.2) is 17.3 Å². The summed E-state index contributed by atoms with van der Waals surface area (Å²) in [6.07, 6.45) is 6.67. The lowest BCUT2D eigenvalue weighted by Gasteiger charge is -2.44. The second-order valence-corrected chi connectivity index (χ2v) is 11.1. The van der Waals surface area contributed by atoms with E-state index in [0.29, 0.717) is 42.8 Å². The fourth-order valence-corrected chi connectivity index (χ4v) is 5.97. The van der Waals surface area contributed by atoms with Gasteiger partial charge in [-0.2, -0.15) is 9.67 Å². The van der Waals surface area contributed by atoms with E-state index >= 15 is 4.39 Å². The summed E-state index contributed by atoms with van der Waals surface area (Å²) in [4.78, 5) is 44.2. The predicted molar refractivity (Wildman–Crippen MR) is 152 cm³/mol. The van der Waals surface area contributed by atoms with Gasteiger partial charge in [0, 0.05) is 31.4 Å². The Labute approximate surface area is 236 Å². The lowest BCUT2D eigenvalue weighted by atomic mass is 10.00. The second kappa shape index (κ2) is 10.2. The van der Waals surface area contributed by atoms with E-state index in [-0.39, 0.29) is 35.4 Å². The molecule has 212 valence electrons. The van der Waals surface area contributed by atoms with Crippen LogP contribution in [0.4, 0.5) is 10.2 Å². The van der Waals surface area contributed by atoms with Crippen LogP contribution in [-0.2, 0) is 17.6 Å². The average Bonchev–Trinajstić information content (AvgIpc) is 3.40. The number of anilines is 1. The first kappa shape index (κ1) is 26.7. The number of fused-ring (bicyclic) bond motifs is 5. The van der Waals surface area contributed by atoms with Crippen molar-refractivity contribution < 1.29 is 9.18 Å². The number of halogens is 1. The fourth-order valence-electron chi connectivity index (χ4n) is 5.97. The molecule has 6 heterocycles. The van der Waals surface area contributed by atoms with Gasteiger partial charge in [-0.05, 0) is 62.8 Å². The number of piperazine rings is 1. The van der Waals surface area contributed by atoms with Crippen molar-refractivity contribution in [1.82, 2.24) is 39.4 Å². The van der Waals surface area contributed by atoms with Gasteiger partial charge < -0.3 is 9.80 Å². The van der Waals surface area contributed by atoms with E-state index in [1.54, 1.807) is 17.3 Å². The maximum absolute atomic E-state index is 15.9. The van der Waals surface area contributed by atoms with E-state index in [4.69, 9.17) is 4.98 Å². The van der Waals surface area contributed by atoms with Gasteiger partial charge in [-0.25, -0.2) is 18.7 Å². The molecule has 0 radical (unpaired) electrons. The largest absolute Gasteiger partial charge is 0.355 e. The van der Waals surface area contributed by atoms with Crippen LogP contribution < -0.4 is 10.6 Å². The van der Waals surface area contributed by atoms with E-state index in [9.17, 15) is 9.59 Å². The fraction of sp³-hybridized carbons (Fsp3) is 0.414. The Hall–Kier alpha value is -4.48. The van der Waals surface area contributed by atoms with Crippen molar-refractivity contribution in [2.24, 2.45) is 0 Å². The molecule has 2 bridgehead atoms. The zero-order valence-corrected chi connectivity index (χ0v) is 23.6. The molecule has 0 N–H and O–H groups in total. The van der Waals surface area contributed by atoms with Crippen LogP contribution >= 0.6 is 0 Å². The van der Waals surface area contributed by atoms with Crippen molar-refractivity contribution in [2.45, 2.75) is 65.0 Å². The summed E-state index contributed by atoms with van der Waals surface area (Å²) >= 11 is 0. The number of pyridine rings is 2. The SMILES string of the molecule is C=CC(=O)N1C[C@H](C)N(c2nc(=O)n3c4nc(c(F)cc24)-n2nncc2CCCc2ccnc(C(C)C)c2-3)C[C@H]1C. The van der Waals surface area contributed by atoms with Gasteiger partial charge in [0.1, 0.15) is 5.82 Å². The number of hydrogen-bond donors (Lipinski definition) is 0. The minimum Gasteiger partial charge on any atom is -0.349 e. The molecule has 1 amide bonds. The molecule has 0 saturated carbocycles. The molecule has 4 aromatic heterocycles. The molecule has 6 rings (SSSR count). The third-order valence-electron chi connectivity index (χ3n) is 8.00. The van der Waals surface area contributed by atoms with E-state index in [0.717, 1.165) is 23.4 Å². The highest BCUT2D eigenvalue weighted by Gasteiger charge is 2.34. The van der Waals surface area contributed by atoms with Gasteiger partial charge >= 0.3 is 5.69 Å². The monoisotopic (exact) mass is 557 g/mol. The molecule has 41 heavy (non-hydrogen) atoms. The Morgan fingerprint density at radius 3 is 2.71 bits per heavy atom. The van der Waals surface area contributed by atoms with Gasteiger partial charge in [-0.3, -0.25) is 9.78 Å². The quantitative estimate of drug-likeness (QED) is 0.353. The van der Waals surface area contributed by atoms with Crippen molar-refractivity contribution in [1.29, 1.82) is 0 Å². The van der Waals surface area contributed by atoms with Crippen LogP contribution in [-0.4, -0.2) is 70.5 Å². The Morgan fingerprint density at radius 1 is 1.15 bits per heavy atom. The molecule has 1 fully saturated rings. The number of rotatable bonds is 3. The van der Waals surface area contributed by atoms with Gasteiger partial charge in [-0.1, -0.05) is 25.6 Å². The van der Waals surface area contributed by atoms with Crippen LogP contribution in [0, 0.1) is 5.82 Å². The molecule has 0 spiro atoms. The zero-order chi connectivity index (χ0) is 29.0. The minimum atomic E-state index is -0.603. The maximum Gasteiger partial charge on any atom is 0.355 e. The number of amides is 1. The second-order valence-electron chi connectivity index (χ2n) is 11.1. The molecular weight excluding hydrogens is 525 g/mol. The van der Waals surface area contributed by atoms with Crippen LogP contribution in [0.1, 0.15) is 57.0 Å². The van der Waals surface area contributed by atoms with E-state index < -0.39 is 11.5 Å². The topological polar surface area (TPSA) is 115 Å². The standard InChI is InChI=1S/C29H32FN9O2/c1-6-23(40)36-14-18(5)37(15-17(36)4)26-21-12-22(30)28-33-27(21)38(29(41)34-26)25-19(10-11-31-24(25)16(2)3)8-7-9-20-13-32-35-39(20)28/h6,10-13,16-18H,1,7-9,14-15H2,2-5H3/t17-,18+/m1/s1. The number of nitrogens with zero attached hydrogens (tertiary/aromatic N) is 9. The lowest BCUT2D eigenvalue weighted by molar-refractivity contribution is -0.128. The van der Waals surface area contributed by atoms with E-state index in [2.05, 4.69) is 26.9 Å². The van der Waals surface area contributed by atoms with Crippen LogP contribution in [0.2, 0.25) is 0 Å². The summed E-state index contributed by atoms with van der Waals surface area (Å²) < 4.78 is 18.8. The molecule has 0 unspecified atom stereocenters. The lowest BCUT2D eigenvalue weighted by Crippen LogP contribution is -2.58. The molecule has 4 aromatic rings. The van der Waals surface area contributed by atoms with Crippen molar-refractivity contribution in [3.05, 3.63) is 70.4 Å². The van der Waals surface area contributed by atoms with Crippen LogP contribution in [0.25, 0.3) is 22.5 Å². The molecule has 2 atom stereocenters. The average molecular weight is 558 g/mol. The normalized spacial score (nSPS) is 18.8. The number of carbonyl (C=O) groups is 1. The number of aryl methyl sites for hydroxylation is 2. The van der Waals surface area contributed by atoms with Crippen molar-refractivity contribution >= 4 is 22.8 Å². The summed E-state index contributed by atoms with van der Waals surface area (Å²) in [6.45, 7) is 12.3. The summed E-state index contributed by atoms with van der Waals surface area (Å²) in [7, 11) is 0. The summed E-state index contributed by atoms with van der Waals surface area (Å²) in [6, 6.07) is 2.92.